The van der Waals surface area contributed by atoms with Gasteiger partial charge in [-0.2, -0.15) is 5.26 Å². The van der Waals surface area contributed by atoms with Gasteiger partial charge in [-0.25, -0.2) is 18.2 Å². The van der Waals surface area contributed by atoms with Crippen LogP contribution in [0.15, 0.2) is 66.9 Å². The van der Waals surface area contributed by atoms with Gasteiger partial charge in [-0.05, 0) is 36.4 Å². The molecular formula is C29H25ClF3N5O4. The summed E-state index contributed by atoms with van der Waals surface area (Å²) >= 11 is 6.20. The number of nitrogens with zero attached hydrogens (tertiary/aromatic N) is 4. The van der Waals surface area contributed by atoms with E-state index < -0.39 is 48.7 Å². The molecule has 1 aliphatic heterocycles. The molecule has 5 rings (SSSR count). The van der Waals surface area contributed by atoms with Crippen LogP contribution in [0.3, 0.4) is 0 Å². The van der Waals surface area contributed by atoms with E-state index in [0.29, 0.717) is 36.3 Å². The summed E-state index contributed by atoms with van der Waals surface area (Å²) in [7, 11) is 0. The second-order valence-corrected chi connectivity index (χ2v) is 10.1. The highest BCUT2D eigenvalue weighted by Gasteiger charge is 2.47. The molecule has 2 atom stereocenters. The minimum absolute atomic E-state index is 0.143. The number of nitriles is 1. The summed E-state index contributed by atoms with van der Waals surface area (Å²) in [5.74, 6) is -3.98. The Bertz CT molecular complexity index is 1510. The summed E-state index contributed by atoms with van der Waals surface area (Å²) in [6.45, 7) is 0.446. The number of aromatic nitrogens is 1. The minimum Gasteiger partial charge on any atom is -0.383 e. The van der Waals surface area contributed by atoms with Gasteiger partial charge in [0.15, 0.2) is 0 Å². The monoisotopic (exact) mass is 599 g/mol. The Balaban J connectivity index is 0.000000227. The van der Waals surface area contributed by atoms with E-state index in [4.69, 9.17) is 16.9 Å². The Morgan fingerprint density at radius 2 is 1.95 bits per heavy atom. The van der Waals surface area contributed by atoms with E-state index >= 15 is 0 Å². The predicted molar refractivity (Wildman–Crippen MR) is 147 cm³/mol. The van der Waals surface area contributed by atoms with Crippen LogP contribution in [0.5, 0.6) is 0 Å². The van der Waals surface area contributed by atoms with Crippen molar-refractivity contribution in [1.29, 1.82) is 5.26 Å². The number of alkyl halides is 2. The van der Waals surface area contributed by atoms with E-state index in [-0.39, 0.29) is 16.6 Å². The maximum atomic E-state index is 13.6. The SMILES string of the molecule is N#Cc1ccnc(N2CCC(O)C2=O)c1.O=CN(c1cccc(F)c1)C(C(=O)NC1CC(F)(F)C1)c1ccccc1Cl. The molecular weight excluding hydrogens is 575 g/mol. The van der Waals surface area contributed by atoms with Crippen molar-refractivity contribution >= 4 is 41.3 Å². The van der Waals surface area contributed by atoms with Crippen molar-refractivity contribution in [3.63, 3.8) is 0 Å². The number of amides is 3. The second kappa shape index (κ2) is 13.0. The number of nitrogens with one attached hydrogen (secondary N) is 1. The molecule has 2 aliphatic rings. The zero-order valence-corrected chi connectivity index (χ0v) is 22.7. The van der Waals surface area contributed by atoms with Crippen LogP contribution in [0.1, 0.15) is 36.4 Å². The lowest BCUT2D eigenvalue weighted by Crippen LogP contribution is -2.53. The summed E-state index contributed by atoms with van der Waals surface area (Å²) in [4.78, 5) is 42.5. The first-order valence-electron chi connectivity index (χ1n) is 12.8. The van der Waals surface area contributed by atoms with Crippen molar-refractivity contribution in [3.05, 3.63) is 88.8 Å². The van der Waals surface area contributed by atoms with Crippen LogP contribution in [-0.4, -0.2) is 52.9 Å². The Morgan fingerprint density at radius 3 is 2.55 bits per heavy atom. The van der Waals surface area contributed by atoms with Gasteiger partial charge >= 0.3 is 0 Å². The minimum atomic E-state index is -2.80. The summed E-state index contributed by atoms with van der Waals surface area (Å²) in [5, 5.41) is 20.7. The molecule has 1 saturated carbocycles. The number of carbonyl (C=O) groups excluding carboxylic acids is 3. The first kappa shape index (κ1) is 30.5. The first-order chi connectivity index (χ1) is 20.0. The number of aliphatic hydroxyl groups is 1. The quantitative estimate of drug-likeness (QED) is 0.393. The van der Waals surface area contributed by atoms with Gasteiger partial charge in [0.1, 0.15) is 23.8 Å². The first-order valence-corrected chi connectivity index (χ1v) is 13.2. The Kier molecular flexibility index (Phi) is 9.45. The van der Waals surface area contributed by atoms with Crippen LogP contribution in [0.2, 0.25) is 5.02 Å². The van der Waals surface area contributed by atoms with E-state index in [1.165, 1.54) is 35.4 Å². The number of pyridine rings is 1. The Hall–Kier alpha value is -4.47. The molecule has 2 N–H and O–H groups in total. The van der Waals surface area contributed by atoms with E-state index in [2.05, 4.69) is 10.3 Å². The van der Waals surface area contributed by atoms with Crippen LogP contribution in [0.4, 0.5) is 24.7 Å². The number of aliphatic hydroxyl groups excluding tert-OH is 1. The average Bonchev–Trinajstić information content (AvgIpc) is 3.29. The number of rotatable bonds is 7. The molecule has 1 aliphatic carbocycles. The Labute approximate surface area is 244 Å². The largest absolute Gasteiger partial charge is 0.383 e. The fourth-order valence-electron chi connectivity index (χ4n) is 4.59. The van der Waals surface area contributed by atoms with Gasteiger partial charge in [-0.3, -0.25) is 24.2 Å². The molecule has 42 heavy (non-hydrogen) atoms. The second-order valence-electron chi connectivity index (χ2n) is 9.70. The fourth-order valence-corrected chi connectivity index (χ4v) is 4.83. The zero-order valence-electron chi connectivity index (χ0n) is 22.0. The highest BCUT2D eigenvalue weighted by atomic mass is 35.5. The van der Waals surface area contributed by atoms with E-state index in [1.54, 1.807) is 30.3 Å². The van der Waals surface area contributed by atoms with E-state index in [0.717, 1.165) is 11.0 Å². The number of anilines is 2. The molecule has 13 heteroatoms. The van der Waals surface area contributed by atoms with Gasteiger partial charge < -0.3 is 10.4 Å². The molecule has 2 unspecified atom stereocenters. The topological polar surface area (TPSA) is 127 Å². The van der Waals surface area contributed by atoms with Crippen molar-refractivity contribution in [1.82, 2.24) is 10.3 Å². The smallest absolute Gasteiger partial charge is 0.257 e. The van der Waals surface area contributed by atoms with Gasteiger partial charge in [-0.1, -0.05) is 35.9 Å². The van der Waals surface area contributed by atoms with Crippen molar-refractivity contribution in [2.75, 3.05) is 16.3 Å². The molecule has 1 saturated heterocycles. The van der Waals surface area contributed by atoms with Gasteiger partial charge in [0.2, 0.25) is 12.3 Å². The lowest BCUT2D eigenvalue weighted by Gasteiger charge is -2.37. The molecule has 3 amide bonds. The van der Waals surface area contributed by atoms with Gasteiger partial charge in [-0.15, -0.1) is 0 Å². The molecule has 218 valence electrons. The molecule has 1 aromatic heterocycles. The van der Waals surface area contributed by atoms with Crippen molar-refractivity contribution in [2.24, 2.45) is 0 Å². The third-order valence-electron chi connectivity index (χ3n) is 6.71. The summed E-state index contributed by atoms with van der Waals surface area (Å²) < 4.78 is 39.8. The molecule has 9 nitrogen and oxygen atoms in total. The molecule has 0 spiro atoms. The fraction of sp³-hybridized carbons (Fsp3) is 0.276. The van der Waals surface area contributed by atoms with Crippen LogP contribution < -0.4 is 15.1 Å². The highest BCUT2D eigenvalue weighted by molar-refractivity contribution is 6.31. The Morgan fingerprint density at radius 1 is 1.21 bits per heavy atom. The predicted octanol–water partition coefficient (Wildman–Crippen LogP) is 4.15. The molecule has 0 bridgehead atoms. The maximum Gasteiger partial charge on any atom is 0.257 e. The normalized spacial score (nSPS) is 18.1. The van der Waals surface area contributed by atoms with Crippen LogP contribution in [-0.2, 0) is 14.4 Å². The van der Waals surface area contributed by atoms with E-state index in [1.807, 2.05) is 6.07 Å². The molecule has 2 heterocycles. The van der Waals surface area contributed by atoms with Gasteiger partial charge in [0.05, 0.1) is 11.6 Å². The van der Waals surface area contributed by atoms with Crippen molar-refractivity contribution in [3.8, 4) is 6.07 Å². The van der Waals surface area contributed by atoms with Crippen LogP contribution in [0.25, 0.3) is 0 Å². The lowest BCUT2D eigenvalue weighted by atomic mass is 9.87. The standard InChI is InChI=1S/C19H16ClF3N2O2.C10H9N3O2/c20-16-7-2-1-6-15(16)17(18(27)24-13-9-19(22,23)10-13)25(11-26)14-5-3-4-12(21)8-14;11-6-7-1-3-12-9(5-7)13-4-2-8(14)10(13)15/h1-8,11,13,17H,9-10H2,(H,24,27);1,3,5,8,14H,2,4H2. The number of hydrogen-bond donors (Lipinski definition) is 2. The number of benzene rings is 2. The summed E-state index contributed by atoms with van der Waals surface area (Å²) in [6, 6.07) is 14.7. The van der Waals surface area contributed by atoms with E-state index in [9.17, 15) is 32.7 Å². The van der Waals surface area contributed by atoms with Crippen LogP contribution in [0, 0.1) is 17.1 Å². The molecule has 2 fully saturated rings. The number of halogens is 4. The highest BCUT2D eigenvalue weighted by Crippen LogP contribution is 2.38. The van der Waals surface area contributed by atoms with Crippen LogP contribution >= 0.6 is 11.6 Å². The molecule has 0 radical (unpaired) electrons. The molecule has 3 aromatic rings. The number of carbonyl (C=O) groups is 3. The zero-order chi connectivity index (χ0) is 30.4. The van der Waals surface area contributed by atoms with Gasteiger partial charge in [0.25, 0.3) is 11.8 Å². The lowest BCUT2D eigenvalue weighted by molar-refractivity contribution is -0.131. The number of hydrogen-bond acceptors (Lipinski definition) is 6. The van der Waals surface area contributed by atoms with Crippen molar-refractivity contribution in [2.45, 2.75) is 43.4 Å². The third kappa shape index (κ3) is 7.05. The van der Waals surface area contributed by atoms with Gasteiger partial charge in [0, 0.05) is 54.3 Å². The molecule has 2 aromatic carbocycles. The third-order valence-corrected chi connectivity index (χ3v) is 7.06. The maximum absolute atomic E-state index is 13.6. The summed E-state index contributed by atoms with van der Waals surface area (Å²) in [6.07, 6.45) is 0.419. The van der Waals surface area contributed by atoms with Crippen molar-refractivity contribution < 1.29 is 32.7 Å². The summed E-state index contributed by atoms with van der Waals surface area (Å²) in [5.41, 5.74) is 0.900. The average molecular weight is 600 g/mol.